The zero-order chi connectivity index (χ0) is 25.7. The molecule has 0 bridgehead atoms. The van der Waals surface area contributed by atoms with Crippen molar-refractivity contribution in [1.29, 1.82) is 0 Å². The van der Waals surface area contributed by atoms with Crippen LogP contribution in [0.25, 0.3) is 10.9 Å². The molecule has 1 N–H and O–H groups in total. The highest BCUT2D eigenvalue weighted by molar-refractivity contribution is 7.99. The van der Waals surface area contributed by atoms with Crippen LogP contribution in [0.1, 0.15) is 29.8 Å². The number of carbonyl (C=O) groups excluding carboxylic acids is 1. The summed E-state index contributed by atoms with van der Waals surface area (Å²) in [5.74, 6) is -0.354. The van der Waals surface area contributed by atoms with Gasteiger partial charge < -0.3 is 14.0 Å². The van der Waals surface area contributed by atoms with Crippen molar-refractivity contribution in [2.75, 3.05) is 13.2 Å². The standard InChI is InChI=1S/C26H32Cl2N2O4SSi/c1-36(2,3)13-12-32-17-30-22-14-19(28)15-24(35-20-9-7-18(27)8-10-20)21(22)16-23(30)26(31)29-34-25-6-4-5-11-33-25/h7-10,14-16,25H,4-6,11-13,17H2,1-3H3,(H,29,31). The largest absolute Gasteiger partial charge is 0.361 e. The summed E-state index contributed by atoms with van der Waals surface area (Å²) in [6, 6.07) is 14.3. The highest BCUT2D eigenvalue weighted by Gasteiger charge is 2.22. The van der Waals surface area contributed by atoms with Crippen molar-refractivity contribution < 1.29 is 19.1 Å². The predicted octanol–water partition coefficient (Wildman–Crippen LogP) is 7.60. The number of amides is 1. The number of fused-ring (bicyclic) bond motifs is 1. The molecule has 4 rings (SSSR count). The third-order valence-corrected chi connectivity index (χ3v) is 9.10. The van der Waals surface area contributed by atoms with Crippen LogP contribution in [0, 0.1) is 0 Å². The summed E-state index contributed by atoms with van der Waals surface area (Å²) in [6.45, 7) is 8.44. The Hall–Kier alpha value is -1.52. The third-order valence-electron chi connectivity index (χ3n) is 5.86. The minimum atomic E-state index is -1.25. The normalized spacial score (nSPS) is 16.4. The molecule has 0 radical (unpaired) electrons. The van der Waals surface area contributed by atoms with Gasteiger partial charge in [-0.3, -0.25) is 4.79 Å². The Morgan fingerprint density at radius 3 is 2.61 bits per heavy atom. The van der Waals surface area contributed by atoms with Crippen LogP contribution < -0.4 is 5.48 Å². The van der Waals surface area contributed by atoms with Gasteiger partial charge in [-0.2, -0.15) is 0 Å². The fourth-order valence-electron chi connectivity index (χ4n) is 3.84. The summed E-state index contributed by atoms with van der Waals surface area (Å²) in [7, 11) is -1.25. The molecule has 6 nitrogen and oxygen atoms in total. The number of hydroxylamine groups is 1. The van der Waals surface area contributed by atoms with Gasteiger partial charge in [0, 0.05) is 52.9 Å². The molecule has 1 amide bonds. The Balaban J connectivity index is 1.63. The van der Waals surface area contributed by atoms with Crippen LogP contribution >= 0.6 is 35.0 Å². The van der Waals surface area contributed by atoms with Crippen molar-refractivity contribution in [3.05, 3.63) is 58.2 Å². The van der Waals surface area contributed by atoms with Gasteiger partial charge in [0.15, 0.2) is 6.29 Å². The summed E-state index contributed by atoms with van der Waals surface area (Å²) in [5, 5.41) is 2.17. The van der Waals surface area contributed by atoms with Crippen LogP contribution in [0.3, 0.4) is 0 Å². The van der Waals surface area contributed by atoms with E-state index in [-0.39, 0.29) is 12.6 Å². The second-order valence-corrected chi connectivity index (χ2v) is 17.7. The van der Waals surface area contributed by atoms with Crippen molar-refractivity contribution in [2.24, 2.45) is 0 Å². The number of nitrogens with one attached hydrogen (secondary N) is 1. The predicted molar refractivity (Wildman–Crippen MR) is 149 cm³/mol. The van der Waals surface area contributed by atoms with E-state index in [0.717, 1.165) is 46.0 Å². The molecule has 0 aliphatic carbocycles. The Morgan fingerprint density at radius 1 is 1.14 bits per heavy atom. The van der Waals surface area contributed by atoms with Gasteiger partial charge in [0.05, 0.1) is 5.52 Å². The first-order valence-electron chi connectivity index (χ1n) is 12.1. The maximum absolute atomic E-state index is 13.2. The molecule has 1 atom stereocenters. The fourth-order valence-corrected chi connectivity index (χ4v) is 5.99. The monoisotopic (exact) mass is 566 g/mol. The molecule has 1 aromatic heterocycles. The Bertz CT molecular complexity index is 1190. The second kappa shape index (κ2) is 12.3. The molecule has 0 saturated carbocycles. The van der Waals surface area contributed by atoms with E-state index in [0.29, 0.717) is 29.0 Å². The molecular formula is C26H32Cl2N2O4SSi. The van der Waals surface area contributed by atoms with Gasteiger partial charge in [-0.05, 0) is 61.4 Å². The van der Waals surface area contributed by atoms with Crippen LogP contribution in [0.15, 0.2) is 52.3 Å². The zero-order valence-electron chi connectivity index (χ0n) is 20.8. The van der Waals surface area contributed by atoms with E-state index in [9.17, 15) is 4.79 Å². The number of rotatable bonds is 10. The van der Waals surface area contributed by atoms with E-state index in [1.807, 2.05) is 47.0 Å². The number of halogens is 2. The van der Waals surface area contributed by atoms with Gasteiger partial charge >= 0.3 is 0 Å². The molecule has 0 spiro atoms. The maximum atomic E-state index is 13.2. The second-order valence-electron chi connectivity index (χ2n) is 10.0. The van der Waals surface area contributed by atoms with Crippen LogP contribution in [-0.4, -0.2) is 38.1 Å². The van der Waals surface area contributed by atoms with Crippen LogP contribution in [0.2, 0.25) is 35.7 Å². The Kier molecular flexibility index (Phi) is 9.44. The van der Waals surface area contributed by atoms with Crippen molar-refractivity contribution in [3.63, 3.8) is 0 Å². The molecule has 36 heavy (non-hydrogen) atoms. The Morgan fingerprint density at radius 2 is 1.92 bits per heavy atom. The van der Waals surface area contributed by atoms with Crippen molar-refractivity contribution >= 4 is 59.8 Å². The highest BCUT2D eigenvalue weighted by Crippen LogP contribution is 2.38. The lowest BCUT2D eigenvalue weighted by Crippen LogP contribution is -2.34. The van der Waals surface area contributed by atoms with E-state index in [2.05, 4.69) is 25.1 Å². The molecule has 10 heteroatoms. The number of hydrogen-bond donors (Lipinski definition) is 1. The maximum Gasteiger partial charge on any atom is 0.291 e. The quantitative estimate of drug-likeness (QED) is 0.155. The van der Waals surface area contributed by atoms with Crippen LogP contribution in [0.5, 0.6) is 0 Å². The molecule has 1 unspecified atom stereocenters. The van der Waals surface area contributed by atoms with Crippen LogP contribution in [0.4, 0.5) is 0 Å². The summed E-state index contributed by atoms with van der Waals surface area (Å²) in [6.07, 6.45) is 2.33. The number of hydrogen-bond acceptors (Lipinski definition) is 5. The van der Waals surface area contributed by atoms with Crippen LogP contribution in [-0.2, 0) is 21.0 Å². The van der Waals surface area contributed by atoms with Gasteiger partial charge in [0.1, 0.15) is 12.4 Å². The number of benzene rings is 2. The van der Waals surface area contributed by atoms with Gasteiger partial charge in [-0.15, -0.1) is 0 Å². The molecule has 1 aliphatic rings. The molecule has 1 fully saturated rings. The summed E-state index contributed by atoms with van der Waals surface area (Å²) in [5.41, 5.74) is 3.85. The first-order chi connectivity index (χ1) is 17.2. The topological polar surface area (TPSA) is 61.7 Å². The van der Waals surface area contributed by atoms with Gasteiger partial charge in [-0.1, -0.05) is 54.6 Å². The summed E-state index contributed by atoms with van der Waals surface area (Å²) in [4.78, 5) is 20.8. The minimum absolute atomic E-state index is 0.238. The van der Waals surface area contributed by atoms with E-state index >= 15 is 0 Å². The average molecular weight is 568 g/mol. The van der Waals surface area contributed by atoms with E-state index in [1.165, 1.54) is 0 Å². The SMILES string of the molecule is C[Si](C)(C)CCOCn1c(C(=O)NOC2CCCCO2)cc2c(Sc3ccc(Cl)cc3)cc(Cl)cc21. The number of ether oxygens (including phenoxy) is 2. The first-order valence-corrected chi connectivity index (χ1v) is 17.4. The smallest absolute Gasteiger partial charge is 0.291 e. The molecule has 2 aromatic carbocycles. The first kappa shape index (κ1) is 27.5. The van der Waals surface area contributed by atoms with E-state index < -0.39 is 14.4 Å². The summed E-state index contributed by atoms with van der Waals surface area (Å²) < 4.78 is 13.5. The van der Waals surface area contributed by atoms with E-state index in [4.69, 9.17) is 37.5 Å². The lowest BCUT2D eigenvalue weighted by Gasteiger charge is -2.22. The number of carbonyl (C=O) groups is 1. The molecule has 1 aliphatic heterocycles. The van der Waals surface area contributed by atoms with Crippen molar-refractivity contribution in [3.8, 4) is 0 Å². The highest BCUT2D eigenvalue weighted by atomic mass is 35.5. The molecular weight excluding hydrogens is 535 g/mol. The lowest BCUT2D eigenvalue weighted by molar-refractivity contribution is -0.186. The average Bonchev–Trinajstić information content (AvgIpc) is 3.20. The van der Waals surface area contributed by atoms with E-state index in [1.54, 1.807) is 11.8 Å². The third kappa shape index (κ3) is 7.51. The molecule has 2 heterocycles. The zero-order valence-corrected chi connectivity index (χ0v) is 24.1. The van der Waals surface area contributed by atoms with Gasteiger partial charge in [-0.25, -0.2) is 10.3 Å². The van der Waals surface area contributed by atoms with Gasteiger partial charge in [0.25, 0.3) is 5.91 Å². The number of nitrogens with zero attached hydrogens (tertiary/aromatic N) is 1. The summed E-state index contributed by atoms with van der Waals surface area (Å²) >= 11 is 14.2. The van der Waals surface area contributed by atoms with Gasteiger partial charge in [0.2, 0.25) is 0 Å². The Labute approximate surface area is 227 Å². The van der Waals surface area contributed by atoms with Crippen molar-refractivity contribution in [1.82, 2.24) is 10.0 Å². The van der Waals surface area contributed by atoms with Crippen molar-refractivity contribution in [2.45, 2.75) is 67.8 Å². The molecule has 1 saturated heterocycles. The molecule has 3 aromatic rings. The lowest BCUT2D eigenvalue weighted by atomic mass is 10.2. The molecule has 194 valence electrons. The number of aromatic nitrogens is 1. The fraction of sp³-hybridized carbons (Fsp3) is 0.423. The minimum Gasteiger partial charge on any atom is -0.361 e.